The molecule has 2 aromatic rings. The molecule has 2 rings (SSSR count). The fraction of sp³-hybridized carbons (Fsp3) is 0.462. The Morgan fingerprint density at radius 2 is 0.857 bits per heavy atom. The second-order valence-corrected chi connectivity index (χ2v) is 48.5. The second-order valence-electron chi connectivity index (χ2n) is 10.7. The summed E-state index contributed by atoms with van der Waals surface area (Å²) in [5, 5.41) is -0.407. The van der Waals surface area contributed by atoms with Crippen LogP contribution in [0.2, 0.25) is 69.1 Å². The van der Waals surface area contributed by atoms with Crippen LogP contribution < -0.4 is 0 Å². The summed E-state index contributed by atoms with van der Waals surface area (Å²) in [5.41, 5.74) is 1.42. The molecule has 0 saturated carbocycles. The molecule has 2 nitrogen and oxygen atoms in total. The van der Waals surface area contributed by atoms with Gasteiger partial charge in [-0.3, -0.25) is 4.79 Å². The van der Waals surface area contributed by atoms with Crippen LogP contribution in [0.15, 0.2) is 60.7 Å². The molecule has 9 heteroatoms. The Morgan fingerprint density at radius 3 is 1.03 bits per heavy atom. The number of hydrogen-bond donors (Lipinski definition) is 0. The number of rotatable bonds is 3. The van der Waals surface area contributed by atoms with E-state index in [2.05, 4.69) is 69.1 Å². The molecule has 2 aromatic carbocycles. The van der Waals surface area contributed by atoms with Crippen LogP contribution in [-0.4, -0.2) is 64.2 Å². The van der Waals surface area contributed by atoms with E-state index in [9.17, 15) is 9.59 Å². The Kier molecular flexibility index (Phi) is 30.0. The van der Waals surface area contributed by atoms with E-state index < -0.39 is 30.8 Å². The first-order valence-electron chi connectivity index (χ1n) is 11.4. The minimum atomic E-state index is -2.12. The molecular weight excluding hydrogens is 812 g/mol. The summed E-state index contributed by atoms with van der Waals surface area (Å²) in [6, 6.07) is 18.3. The van der Waals surface area contributed by atoms with Crippen molar-refractivity contribution in [2.24, 2.45) is 0 Å². The molecule has 0 amide bonds. The van der Waals surface area contributed by atoms with E-state index in [-0.39, 0.29) is 49.1 Å². The van der Waals surface area contributed by atoms with Crippen molar-refractivity contribution in [3.8, 4) is 0 Å². The Bertz CT molecular complexity index is 760. The van der Waals surface area contributed by atoms with E-state index in [1.165, 1.54) is 0 Å². The van der Waals surface area contributed by atoms with Gasteiger partial charge in [0.2, 0.25) is 0 Å². The Hall–Kier alpha value is 1.19. The van der Waals surface area contributed by atoms with Gasteiger partial charge in [-0.25, -0.2) is 0 Å². The zero-order valence-corrected chi connectivity index (χ0v) is 35.1. The molecule has 0 heterocycles. The van der Waals surface area contributed by atoms with Gasteiger partial charge in [0.1, 0.15) is 0 Å². The van der Waals surface area contributed by atoms with Gasteiger partial charge in [0, 0.05) is 26.0 Å². The summed E-state index contributed by atoms with van der Waals surface area (Å²) in [6.45, 7) is 0. The zero-order valence-electron chi connectivity index (χ0n) is 23.7. The molecule has 0 aliphatic rings. The van der Waals surface area contributed by atoms with E-state index in [0.717, 1.165) is 5.56 Å². The van der Waals surface area contributed by atoms with Gasteiger partial charge in [-0.05, 0) is 11.6 Å². The molecule has 0 aromatic heterocycles. The average Bonchev–Trinajstić information content (AvgIpc) is 2.66. The third kappa shape index (κ3) is 39.9. The zero-order chi connectivity index (χ0) is 27.5. The average molecular weight is 858 g/mol. The van der Waals surface area contributed by atoms with Crippen molar-refractivity contribution in [2.75, 3.05) is 0 Å². The quantitative estimate of drug-likeness (QED) is 0.228. The first kappa shape index (κ1) is 43.3. The molecule has 0 aliphatic carbocycles. The van der Waals surface area contributed by atoms with Crippen LogP contribution in [-0.2, 0) is 20.4 Å². The minimum absolute atomic E-state index is 0. The van der Waals surface area contributed by atoms with Crippen molar-refractivity contribution in [2.45, 2.75) is 69.1 Å². The van der Waals surface area contributed by atoms with E-state index >= 15 is 0 Å². The molecule has 0 unspecified atom stereocenters. The van der Waals surface area contributed by atoms with Gasteiger partial charge in [0.25, 0.3) is 5.24 Å². The van der Waals surface area contributed by atoms with Crippen LogP contribution in [0, 0.1) is 0 Å². The SMILES string of the molecule is O=C(Cl)c1ccccc1.[CH3][Ge]([CH3])([CH3])[C](=O)c1ccccc1.[CH3][Ge]([CH3])([CH3])[Cl].[CH3][Ge]([CH3])[CH3].[CH3][Ge]([CH3])[CH3].[Pd]. The fourth-order valence-electron chi connectivity index (χ4n) is 1.59. The van der Waals surface area contributed by atoms with E-state index in [1.807, 2.05) is 36.4 Å². The molecule has 35 heavy (non-hydrogen) atoms. The molecular formula is C26H46Cl2Ge4O2Pd. The van der Waals surface area contributed by atoms with Gasteiger partial charge in [-0.15, -0.1) is 0 Å². The molecule has 0 spiro atoms. The van der Waals surface area contributed by atoms with Gasteiger partial charge in [0.05, 0.1) is 0 Å². The van der Waals surface area contributed by atoms with Crippen molar-refractivity contribution in [1.29, 1.82) is 0 Å². The van der Waals surface area contributed by atoms with E-state index in [4.69, 9.17) is 21.6 Å². The molecule has 0 bridgehead atoms. The summed E-state index contributed by atoms with van der Waals surface area (Å²) in [6.07, 6.45) is 0. The molecule has 0 fully saturated rings. The van der Waals surface area contributed by atoms with E-state index in [0.29, 0.717) is 10.2 Å². The fourth-order valence-corrected chi connectivity index (χ4v) is 3.88. The van der Waals surface area contributed by atoms with Gasteiger partial charge in [-0.1, -0.05) is 30.3 Å². The molecule has 0 aliphatic heterocycles. The third-order valence-corrected chi connectivity index (χ3v) is 6.40. The Balaban J connectivity index is -0.000000185. The molecule has 2 radical (unpaired) electrons. The summed E-state index contributed by atoms with van der Waals surface area (Å²) in [5.74, 6) is 26.8. The van der Waals surface area contributed by atoms with Gasteiger partial charge in [-0.2, -0.15) is 0 Å². The number of hydrogen-bond acceptors (Lipinski definition) is 2. The van der Waals surface area contributed by atoms with Gasteiger partial charge >= 0.3 is 179 Å². The number of carbonyl (C=O) groups excluding carboxylic acids is 2. The summed E-state index contributed by atoms with van der Waals surface area (Å²) in [7, 11) is 5.72. The summed E-state index contributed by atoms with van der Waals surface area (Å²) < 4.78 is 0.385. The normalized spacial score (nSPS) is 9.94. The largest absolute Gasteiger partial charge is 0 e. The van der Waals surface area contributed by atoms with Gasteiger partial charge < -0.3 is 0 Å². The van der Waals surface area contributed by atoms with E-state index in [1.54, 1.807) is 24.3 Å². The topological polar surface area (TPSA) is 34.1 Å². The number of carbonyl (C=O) groups is 2. The maximum absolute atomic E-state index is 11.7. The molecule has 0 N–H and O–H groups in total. The summed E-state index contributed by atoms with van der Waals surface area (Å²) in [4.78, 5) is 22.2. The predicted octanol–water partition coefficient (Wildman–Crippen LogP) is 9.61. The predicted molar refractivity (Wildman–Crippen MR) is 167 cm³/mol. The first-order chi connectivity index (χ1) is 15.3. The number of halogens is 2. The maximum atomic E-state index is 11.7. The van der Waals surface area contributed by atoms with Crippen LogP contribution in [0.25, 0.3) is 0 Å². The third-order valence-electron chi connectivity index (χ3n) is 2.72. The number of benzene rings is 2. The minimum Gasteiger partial charge on any atom is 0 e. The first-order valence-corrected chi connectivity index (χ1v) is 40.7. The maximum Gasteiger partial charge on any atom is 0 e. The Morgan fingerprint density at radius 1 is 0.629 bits per heavy atom. The van der Waals surface area contributed by atoms with Crippen LogP contribution >= 0.6 is 21.6 Å². The van der Waals surface area contributed by atoms with Crippen molar-refractivity contribution in [3.05, 3.63) is 71.8 Å². The van der Waals surface area contributed by atoms with Crippen molar-refractivity contribution < 1.29 is 30.0 Å². The molecule has 0 saturated heterocycles. The van der Waals surface area contributed by atoms with Crippen molar-refractivity contribution in [3.63, 3.8) is 0 Å². The van der Waals surface area contributed by atoms with Crippen LogP contribution in [0.4, 0.5) is 0 Å². The second kappa shape index (κ2) is 24.2. The van der Waals surface area contributed by atoms with Gasteiger partial charge in [0.15, 0.2) is 0 Å². The standard InChI is InChI=1S/C10H14GeO.C7H5ClO.C3H9ClGe.2C3H9Ge.Pd/c1-11(2,3)10(12)9-7-5-4-6-8-9;8-7(9)6-4-2-1-3-5-6;1-5(2,3)4;2*1-4(2)3;/h4-8H,1-3H3;1-5H;1-3H3;2*1-3H3;. The molecule has 0 atom stereocenters. The monoisotopic (exact) mass is 862 g/mol. The smallest absolute Gasteiger partial charge is 0 e. The van der Waals surface area contributed by atoms with Crippen LogP contribution in [0.3, 0.4) is 0 Å². The summed E-state index contributed by atoms with van der Waals surface area (Å²) >= 11 is 0.852. The van der Waals surface area contributed by atoms with Crippen LogP contribution in [0.1, 0.15) is 20.7 Å². The Labute approximate surface area is 253 Å². The van der Waals surface area contributed by atoms with Crippen molar-refractivity contribution >= 4 is 85.8 Å². The van der Waals surface area contributed by atoms with Crippen LogP contribution in [0.5, 0.6) is 0 Å². The van der Waals surface area contributed by atoms with Crippen molar-refractivity contribution in [1.82, 2.24) is 0 Å². The molecule has 202 valence electrons.